The molecule has 0 bridgehead atoms. The summed E-state index contributed by atoms with van der Waals surface area (Å²) in [6.45, 7) is 4.67. The van der Waals surface area contributed by atoms with Gasteiger partial charge in [0, 0.05) is 19.5 Å². The van der Waals surface area contributed by atoms with Gasteiger partial charge in [0.05, 0.1) is 0 Å². The average molecular weight is 435 g/mol. The largest absolute Gasteiger partial charge is 0.354 e. The summed E-state index contributed by atoms with van der Waals surface area (Å²) in [4.78, 5) is 27.6. The molecule has 2 amide bonds. The Morgan fingerprint density at radius 1 is 1.00 bits per heavy atom. The highest BCUT2D eigenvalue weighted by molar-refractivity contribution is 5.88. The summed E-state index contributed by atoms with van der Waals surface area (Å²) in [5, 5.41) is 5.20. The smallest absolute Gasteiger partial charge is 0.242 e. The molecule has 0 saturated carbocycles. The number of nitrogens with zero attached hydrogens (tertiary/aromatic N) is 1. The van der Waals surface area contributed by atoms with Crippen LogP contribution in [0.1, 0.15) is 44.2 Å². The van der Waals surface area contributed by atoms with Gasteiger partial charge in [0.15, 0.2) is 0 Å². The Balaban J connectivity index is 1.75. The van der Waals surface area contributed by atoms with Crippen LogP contribution in [0.25, 0.3) is 10.8 Å². The molecule has 3 aromatic rings. The van der Waals surface area contributed by atoms with Gasteiger partial charge in [-0.2, -0.15) is 0 Å². The zero-order chi connectivity index (χ0) is 22.9. The fraction of sp³-hybridized carbons (Fsp3) is 0.333. The monoisotopic (exact) mass is 434 g/mol. The fourth-order valence-electron chi connectivity index (χ4n) is 3.80. The van der Waals surface area contributed by atoms with E-state index in [2.05, 4.69) is 30.4 Å². The Morgan fingerprint density at radius 2 is 1.72 bits per heavy atom. The van der Waals surface area contributed by atoms with Crippen LogP contribution in [0, 0.1) is 5.82 Å². The van der Waals surface area contributed by atoms with Gasteiger partial charge in [-0.15, -0.1) is 0 Å². The first-order chi connectivity index (χ1) is 15.5. The van der Waals surface area contributed by atoms with Crippen LogP contribution < -0.4 is 5.32 Å². The molecule has 0 aliphatic carbocycles. The topological polar surface area (TPSA) is 49.4 Å². The third-order valence-corrected chi connectivity index (χ3v) is 5.75. The summed E-state index contributed by atoms with van der Waals surface area (Å²) in [7, 11) is 0. The van der Waals surface area contributed by atoms with E-state index in [-0.39, 0.29) is 24.2 Å². The standard InChI is InChI=1S/C27H31FN2O2/c1-3-4-18-29-27(32)20(2)30(19-21-12-15-24(28)16-13-21)26(31)17-14-23-10-7-9-22-8-5-6-11-25(22)23/h5-13,15-16,20H,3-4,14,17-19H2,1-2H3,(H,29,32). The third kappa shape index (κ3) is 6.16. The molecule has 0 aliphatic heterocycles. The highest BCUT2D eigenvalue weighted by Crippen LogP contribution is 2.21. The summed E-state index contributed by atoms with van der Waals surface area (Å²) < 4.78 is 13.3. The number of halogens is 1. The molecule has 4 nitrogen and oxygen atoms in total. The second kappa shape index (κ2) is 11.4. The van der Waals surface area contributed by atoms with Crippen LogP contribution in [0.2, 0.25) is 0 Å². The Hall–Kier alpha value is -3.21. The number of carbonyl (C=O) groups excluding carboxylic acids is 2. The molecule has 5 heteroatoms. The zero-order valence-corrected chi connectivity index (χ0v) is 18.8. The molecular weight excluding hydrogens is 403 g/mol. The summed E-state index contributed by atoms with van der Waals surface area (Å²) >= 11 is 0. The van der Waals surface area contributed by atoms with Crippen molar-refractivity contribution >= 4 is 22.6 Å². The van der Waals surface area contributed by atoms with E-state index in [0.29, 0.717) is 19.4 Å². The number of hydrogen-bond donors (Lipinski definition) is 1. The summed E-state index contributed by atoms with van der Waals surface area (Å²) in [5.74, 6) is -0.590. The predicted molar refractivity (Wildman–Crippen MR) is 127 cm³/mol. The minimum absolute atomic E-state index is 0.0969. The fourth-order valence-corrected chi connectivity index (χ4v) is 3.80. The first kappa shape index (κ1) is 23.5. The highest BCUT2D eigenvalue weighted by Gasteiger charge is 2.25. The second-order valence-electron chi connectivity index (χ2n) is 8.11. The molecular formula is C27H31FN2O2. The molecule has 0 spiro atoms. The Bertz CT molecular complexity index is 1040. The van der Waals surface area contributed by atoms with Crippen LogP contribution in [0.3, 0.4) is 0 Å². The molecule has 168 valence electrons. The van der Waals surface area contributed by atoms with E-state index in [1.807, 2.05) is 24.3 Å². The normalized spacial score (nSPS) is 11.8. The minimum Gasteiger partial charge on any atom is -0.354 e. The number of nitrogens with one attached hydrogen (secondary N) is 1. The van der Waals surface area contributed by atoms with E-state index in [1.165, 1.54) is 12.1 Å². The number of carbonyl (C=O) groups is 2. The molecule has 0 aliphatic rings. The summed E-state index contributed by atoms with van der Waals surface area (Å²) in [5.41, 5.74) is 1.90. The summed E-state index contributed by atoms with van der Waals surface area (Å²) in [6, 6.07) is 19.7. The van der Waals surface area contributed by atoms with Crippen molar-refractivity contribution in [3.05, 3.63) is 83.7 Å². The van der Waals surface area contributed by atoms with Crippen LogP contribution in [-0.2, 0) is 22.6 Å². The summed E-state index contributed by atoms with van der Waals surface area (Å²) in [6.07, 6.45) is 2.76. The molecule has 1 atom stereocenters. The number of hydrogen-bond acceptors (Lipinski definition) is 2. The van der Waals surface area contributed by atoms with Gasteiger partial charge in [0.25, 0.3) is 0 Å². The lowest BCUT2D eigenvalue weighted by molar-refractivity contribution is -0.140. The van der Waals surface area contributed by atoms with Gasteiger partial charge in [-0.05, 0) is 53.8 Å². The first-order valence-corrected chi connectivity index (χ1v) is 11.3. The van der Waals surface area contributed by atoms with Gasteiger partial charge in [-0.3, -0.25) is 9.59 Å². The quantitative estimate of drug-likeness (QED) is 0.443. The van der Waals surface area contributed by atoms with Crippen molar-refractivity contribution in [1.29, 1.82) is 0 Å². The van der Waals surface area contributed by atoms with Crippen molar-refractivity contribution in [2.24, 2.45) is 0 Å². The third-order valence-electron chi connectivity index (χ3n) is 5.75. The maximum atomic E-state index is 13.3. The van der Waals surface area contributed by atoms with Crippen molar-refractivity contribution in [3.8, 4) is 0 Å². The molecule has 0 heterocycles. The Morgan fingerprint density at radius 3 is 2.47 bits per heavy atom. The molecule has 3 aromatic carbocycles. The SMILES string of the molecule is CCCCNC(=O)C(C)N(Cc1ccc(F)cc1)C(=O)CCc1cccc2ccccc12. The van der Waals surface area contributed by atoms with Gasteiger partial charge in [-0.25, -0.2) is 4.39 Å². The van der Waals surface area contributed by atoms with Gasteiger partial charge < -0.3 is 10.2 Å². The Kier molecular flexibility index (Phi) is 8.37. The molecule has 32 heavy (non-hydrogen) atoms. The van der Waals surface area contributed by atoms with Crippen LogP contribution in [0.4, 0.5) is 4.39 Å². The predicted octanol–water partition coefficient (Wildman–Crippen LogP) is 5.25. The van der Waals surface area contributed by atoms with Crippen molar-refractivity contribution in [2.75, 3.05) is 6.54 Å². The number of aryl methyl sites for hydroxylation is 1. The molecule has 3 rings (SSSR count). The van der Waals surface area contributed by atoms with E-state index >= 15 is 0 Å². The van der Waals surface area contributed by atoms with E-state index in [9.17, 15) is 14.0 Å². The first-order valence-electron chi connectivity index (χ1n) is 11.3. The number of rotatable bonds is 10. The van der Waals surface area contributed by atoms with Gasteiger partial charge in [-0.1, -0.05) is 67.9 Å². The molecule has 0 radical (unpaired) electrons. The lowest BCUT2D eigenvalue weighted by Gasteiger charge is -2.29. The highest BCUT2D eigenvalue weighted by atomic mass is 19.1. The van der Waals surface area contributed by atoms with E-state index in [4.69, 9.17) is 0 Å². The van der Waals surface area contributed by atoms with Crippen LogP contribution in [-0.4, -0.2) is 29.3 Å². The molecule has 0 fully saturated rings. The number of fused-ring (bicyclic) bond motifs is 1. The lowest BCUT2D eigenvalue weighted by atomic mass is 10.0. The maximum absolute atomic E-state index is 13.3. The minimum atomic E-state index is -0.614. The second-order valence-corrected chi connectivity index (χ2v) is 8.11. The van der Waals surface area contributed by atoms with Crippen LogP contribution in [0.15, 0.2) is 66.7 Å². The number of benzene rings is 3. The lowest BCUT2D eigenvalue weighted by Crippen LogP contribution is -2.47. The number of unbranched alkanes of at least 4 members (excludes halogenated alkanes) is 1. The zero-order valence-electron chi connectivity index (χ0n) is 18.8. The maximum Gasteiger partial charge on any atom is 0.242 e. The van der Waals surface area contributed by atoms with Crippen molar-refractivity contribution in [2.45, 2.75) is 52.1 Å². The molecule has 1 unspecified atom stereocenters. The van der Waals surface area contributed by atoms with Crippen LogP contribution in [0.5, 0.6) is 0 Å². The van der Waals surface area contributed by atoms with E-state index in [1.54, 1.807) is 24.0 Å². The molecule has 0 saturated heterocycles. The average Bonchev–Trinajstić information content (AvgIpc) is 2.81. The van der Waals surface area contributed by atoms with E-state index < -0.39 is 6.04 Å². The van der Waals surface area contributed by atoms with Gasteiger partial charge in [0.1, 0.15) is 11.9 Å². The Labute approximate surface area is 189 Å². The molecule has 0 aromatic heterocycles. The number of amides is 2. The van der Waals surface area contributed by atoms with E-state index in [0.717, 1.165) is 34.7 Å². The van der Waals surface area contributed by atoms with Crippen LogP contribution >= 0.6 is 0 Å². The van der Waals surface area contributed by atoms with Crippen molar-refractivity contribution in [1.82, 2.24) is 10.2 Å². The van der Waals surface area contributed by atoms with Crippen molar-refractivity contribution < 1.29 is 14.0 Å². The van der Waals surface area contributed by atoms with Crippen molar-refractivity contribution in [3.63, 3.8) is 0 Å². The van der Waals surface area contributed by atoms with Gasteiger partial charge >= 0.3 is 0 Å². The van der Waals surface area contributed by atoms with Gasteiger partial charge in [0.2, 0.25) is 11.8 Å². The molecule has 1 N–H and O–H groups in total.